The van der Waals surface area contributed by atoms with E-state index in [0.717, 1.165) is 24.9 Å². The third-order valence-corrected chi connectivity index (χ3v) is 2.89. The lowest BCUT2D eigenvalue weighted by Gasteiger charge is -2.12. The molecule has 0 aliphatic carbocycles. The van der Waals surface area contributed by atoms with Gasteiger partial charge in [-0.15, -0.1) is 0 Å². The molecule has 16 heavy (non-hydrogen) atoms. The van der Waals surface area contributed by atoms with Crippen molar-refractivity contribution < 1.29 is 14.6 Å². The number of aromatic hydroxyl groups is 1. The van der Waals surface area contributed by atoms with E-state index in [2.05, 4.69) is 10.1 Å². The Morgan fingerprint density at radius 1 is 1.56 bits per heavy atom. The average molecular weight is 221 g/mol. The van der Waals surface area contributed by atoms with Crippen molar-refractivity contribution in [3.63, 3.8) is 0 Å². The van der Waals surface area contributed by atoms with Crippen LogP contribution in [-0.4, -0.2) is 24.7 Å². The Balaban J connectivity index is 2.30. The number of esters is 1. The van der Waals surface area contributed by atoms with Gasteiger partial charge in [0.15, 0.2) is 0 Å². The molecule has 1 atom stereocenters. The molecule has 1 aromatic rings. The number of benzene rings is 1. The van der Waals surface area contributed by atoms with E-state index in [1.54, 1.807) is 12.1 Å². The molecule has 0 amide bonds. The van der Waals surface area contributed by atoms with E-state index >= 15 is 0 Å². The second kappa shape index (κ2) is 4.53. The van der Waals surface area contributed by atoms with Crippen LogP contribution in [-0.2, 0) is 4.74 Å². The summed E-state index contributed by atoms with van der Waals surface area (Å²) in [6.07, 6.45) is 2.20. The van der Waals surface area contributed by atoms with Crippen molar-refractivity contribution in [3.8, 4) is 5.75 Å². The third kappa shape index (κ3) is 2.02. The van der Waals surface area contributed by atoms with Gasteiger partial charge in [0.2, 0.25) is 0 Å². The third-order valence-electron chi connectivity index (χ3n) is 2.89. The zero-order valence-corrected chi connectivity index (χ0v) is 9.19. The fourth-order valence-corrected chi connectivity index (χ4v) is 2.01. The fraction of sp³-hybridized carbons (Fsp3) is 0.417. The summed E-state index contributed by atoms with van der Waals surface area (Å²) in [5, 5.41) is 12.9. The van der Waals surface area contributed by atoms with Gasteiger partial charge in [0.05, 0.1) is 7.11 Å². The first kappa shape index (κ1) is 11.0. The molecule has 86 valence electrons. The van der Waals surface area contributed by atoms with E-state index in [9.17, 15) is 9.90 Å². The van der Waals surface area contributed by atoms with Gasteiger partial charge in [-0.1, -0.05) is 6.07 Å². The number of phenols is 1. The number of hydrogen-bond acceptors (Lipinski definition) is 4. The maximum Gasteiger partial charge on any atom is 0.341 e. The van der Waals surface area contributed by atoms with Gasteiger partial charge in [-0.3, -0.25) is 0 Å². The van der Waals surface area contributed by atoms with Crippen molar-refractivity contribution in [3.05, 3.63) is 29.3 Å². The number of rotatable bonds is 2. The highest BCUT2D eigenvalue weighted by Crippen LogP contribution is 2.27. The Morgan fingerprint density at radius 3 is 3.00 bits per heavy atom. The second-order valence-corrected chi connectivity index (χ2v) is 3.92. The minimum atomic E-state index is -0.502. The monoisotopic (exact) mass is 221 g/mol. The van der Waals surface area contributed by atoms with Crippen LogP contribution in [0.5, 0.6) is 5.75 Å². The molecule has 0 radical (unpaired) electrons. The van der Waals surface area contributed by atoms with Crippen LogP contribution in [0.3, 0.4) is 0 Å². The Hall–Kier alpha value is -1.55. The van der Waals surface area contributed by atoms with Gasteiger partial charge in [-0.05, 0) is 37.1 Å². The van der Waals surface area contributed by atoms with Gasteiger partial charge in [-0.2, -0.15) is 0 Å². The van der Waals surface area contributed by atoms with E-state index in [4.69, 9.17) is 0 Å². The normalized spacial score (nSPS) is 19.7. The fourth-order valence-electron chi connectivity index (χ4n) is 2.01. The Bertz CT molecular complexity index is 397. The topological polar surface area (TPSA) is 58.6 Å². The molecule has 1 aliphatic heterocycles. The lowest BCUT2D eigenvalue weighted by molar-refractivity contribution is 0.0597. The minimum Gasteiger partial charge on any atom is -0.507 e. The molecular formula is C12H15NO3. The Kier molecular flexibility index (Phi) is 3.10. The number of carbonyl (C=O) groups is 1. The SMILES string of the molecule is COC(=O)c1cc(C2CCCN2)ccc1O. The predicted molar refractivity (Wildman–Crippen MR) is 59.4 cm³/mol. The maximum atomic E-state index is 11.4. The number of carbonyl (C=O) groups excluding carboxylic acids is 1. The first-order valence-corrected chi connectivity index (χ1v) is 5.37. The van der Waals surface area contributed by atoms with Crippen LogP contribution in [0, 0.1) is 0 Å². The van der Waals surface area contributed by atoms with Gasteiger partial charge < -0.3 is 15.2 Å². The van der Waals surface area contributed by atoms with Crippen LogP contribution >= 0.6 is 0 Å². The lowest BCUT2D eigenvalue weighted by Crippen LogP contribution is -2.13. The molecule has 2 N–H and O–H groups in total. The van der Waals surface area contributed by atoms with Crippen LogP contribution in [0.15, 0.2) is 18.2 Å². The van der Waals surface area contributed by atoms with Crippen LogP contribution in [0.4, 0.5) is 0 Å². The van der Waals surface area contributed by atoms with E-state index in [0.29, 0.717) is 0 Å². The highest BCUT2D eigenvalue weighted by molar-refractivity contribution is 5.92. The molecular weight excluding hydrogens is 206 g/mol. The highest BCUT2D eigenvalue weighted by Gasteiger charge is 2.19. The Morgan fingerprint density at radius 2 is 2.38 bits per heavy atom. The molecule has 1 aromatic carbocycles. The average Bonchev–Trinajstić information content (AvgIpc) is 2.82. The van der Waals surface area contributed by atoms with E-state index in [1.807, 2.05) is 6.07 Å². The first-order valence-electron chi connectivity index (χ1n) is 5.37. The highest BCUT2D eigenvalue weighted by atomic mass is 16.5. The largest absolute Gasteiger partial charge is 0.507 e. The second-order valence-electron chi connectivity index (χ2n) is 3.92. The summed E-state index contributed by atoms with van der Waals surface area (Å²) < 4.78 is 4.62. The van der Waals surface area contributed by atoms with Crippen LogP contribution in [0.25, 0.3) is 0 Å². The van der Waals surface area contributed by atoms with Crippen LogP contribution in [0.2, 0.25) is 0 Å². The summed E-state index contributed by atoms with van der Waals surface area (Å²) >= 11 is 0. The molecule has 1 aliphatic rings. The van der Waals surface area contributed by atoms with Crippen LogP contribution < -0.4 is 5.32 Å². The summed E-state index contributed by atoms with van der Waals surface area (Å²) in [6.45, 7) is 0.999. The summed E-state index contributed by atoms with van der Waals surface area (Å²) in [5.74, 6) is -0.536. The van der Waals surface area contributed by atoms with Crippen molar-refractivity contribution in [2.24, 2.45) is 0 Å². The number of phenolic OH excluding ortho intramolecular Hbond substituents is 1. The molecule has 1 saturated heterocycles. The van der Waals surface area contributed by atoms with Crippen LogP contribution in [0.1, 0.15) is 34.8 Å². The minimum absolute atomic E-state index is 0.0337. The van der Waals surface area contributed by atoms with Gasteiger partial charge >= 0.3 is 5.97 Å². The molecule has 0 spiro atoms. The first-order chi connectivity index (χ1) is 7.72. The molecule has 1 heterocycles. The number of hydrogen-bond donors (Lipinski definition) is 2. The van der Waals surface area contributed by atoms with Crippen molar-refractivity contribution >= 4 is 5.97 Å². The molecule has 0 saturated carbocycles. The van der Waals surface area contributed by atoms with Crippen molar-refractivity contribution in [2.45, 2.75) is 18.9 Å². The molecule has 4 nitrogen and oxygen atoms in total. The molecule has 0 aromatic heterocycles. The standard InChI is InChI=1S/C12H15NO3/c1-16-12(15)9-7-8(4-5-11(9)14)10-3-2-6-13-10/h4-5,7,10,13-14H,2-3,6H2,1H3. The number of ether oxygens (including phenoxy) is 1. The molecule has 1 fully saturated rings. The predicted octanol–water partition coefficient (Wildman–Crippen LogP) is 1.60. The number of nitrogens with one attached hydrogen (secondary N) is 1. The smallest absolute Gasteiger partial charge is 0.341 e. The van der Waals surface area contributed by atoms with Gasteiger partial charge in [0.1, 0.15) is 11.3 Å². The zero-order valence-electron chi connectivity index (χ0n) is 9.19. The van der Waals surface area contributed by atoms with Crippen molar-refractivity contribution in [1.29, 1.82) is 0 Å². The summed E-state index contributed by atoms with van der Waals surface area (Å²) in [5.41, 5.74) is 1.25. The lowest BCUT2D eigenvalue weighted by atomic mass is 10.0. The number of methoxy groups -OCH3 is 1. The summed E-state index contributed by atoms with van der Waals surface area (Å²) in [6, 6.07) is 5.36. The maximum absolute atomic E-state index is 11.4. The van der Waals surface area contributed by atoms with Gasteiger partial charge in [0, 0.05) is 6.04 Å². The Labute approximate surface area is 94.2 Å². The summed E-state index contributed by atoms with van der Waals surface area (Å²) in [4.78, 5) is 11.4. The molecule has 4 heteroatoms. The molecule has 0 bridgehead atoms. The zero-order chi connectivity index (χ0) is 11.5. The molecule has 1 unspecified atom stereocenters. The van der Waals surface area contributed by atoms with Gasteiger partial charge in [-0.25, -0.2) is 4.79 Å². The van der Waals surface area contributed by atoms with Crippen molar-refractivity contribution in [1.82, 2.24) is 5.32 Å². The van der Waals surface area contributed by atoms with E-state index in [1.165, 1.54) is 7.11 Å². The van der Waals surface area contributed by atoms with E-state index < -0.39 is 5.97 Å². The van der Waals surface area contributed by atoms with Gasteiger partial charge in [0.25, 0.3) is 0 Å². The molecule has 2 rings (SSSR count). The quantitative estimate of drug-likeness (QED) is 0.745. The van der Waals surface area contributed by atoms with E-state index in [-0.39, 0.29) is 17.4 Å². The van der Waals surface area contributed by atoms with Crippen molar-refractivity contribution in [2.75, 3.05) is 13.7 Å². The summed E-state index contributed by atoms with van der Waals surface area (Å²) in [7, 11) is 1.31.